The molecule has 1 fully saturated rings. The van der Waals surface area contributed by atoms with E-state index in [2.05, 4.69) is 5.32 Å². The summed E-state index contributed by atoms with van der Waals surface area (Å²) in [5.74, 6) is -0.367. The first-order chi connectivity index (χ1) is 17.1. The van der Waals surface area contributed by atoms with Gasteiger partial charge in [-0.2, -0.15) is 12.7 Å². The molecule has 0 aliphatic carbocycles. The van der Waals surface area contributed by atoms with E-state index in [9.17, 15) is 16.8 Å². The number of aryl methyl sites for hydroxylation is 2. The van der Waals surface area contributed by atoms with Crippen LogP contribution in [0.4, 0.5) is 0 Å². The molecule has 0 amide bonds. The molecule has 0 spiro atoms. The normalized spacial score (nSPS) is 21.0. The van der Waals surface area contributed by atoms with Crippen LogP contribution >= 0.6 is 0 Å². The smallest absolute Gasteiger partial charge is 0.297 e. The summed E-state index contributed by atoms with van der Waals surface area (Å²) in [6, 6.07) is 22.4. The van der Waals surface area contributed by atoms with Gasteiger partial charge >= 0.3 is 0 Å². The van der Waals surface area contributed by atoms with Gasteiger partial charge in [0.15, 0.2) is 0 Å². The molecule has 3 aromatic carbocycles. The van der Waals surface area contributed by atoms with E-state index in [0.29, 0.717) is 13.1 Å². The minimum Gasteiger partial charge on any atom is -0.311 e. The molecule has 1 N–H and O–H groups in total. The molecular weight excluding hydrogens is 496 g/mol. The molecule has 0 unspecified atom stereocenters. The number of nitrogens with one attached hydrogen (secondary N) is 1. The van der Waals surface area contributed by atoms with Crippen LogP contribution in [-0.4, -0.2) is 46.4 Å². The van der Waals surface area contributed by atoms with Gasteiger partial charge in [-0.3, -0.25) is 4.18 Å². The lowest BCUT2D eigenvalue weighted by atomic mass is 10.0. The maximum Gasteiger partial charge on any atom is 0.297 e. The molecule has 0 aromatic heterocycles. The van der Waals surface area contributed by atoms with Crippen molar-refractivity contribution in [1.82, 2.24) is 9.62 Å². The molecule has 4 rings (SSSR count). The number of sulfonamides is 1. The van der Waals surface area contributed by atoms with Crippen LogP contribution in [0.1, 0.15) is 23.6 Å². The first-order valence-corrected chi connectivity index (χ1v) is 14.8. The summed E-state index contributed by atoms with van der Waals surface area (Å²) in [4.78, 5) is 0.231. The van der Waals surface area contributed by atoms with Crippen LogP contribution in [0.5, 0.6) is 0 Å². The van der Waals surface area contributed by atoms with Gasteiger partial charge in [0.05, 0.1) is 15.9 Å². The van der Waals surface area contributed by atoms with Gasteiger partial charge in [-0.1, -0.05) is 72.6 Å². The van der Waals surface area contributed by atoms with Crippen LogP contribution in [0.3, 0.4) is 0 Å². The number of hydrogen-bond acceptors (Lipinski definition) is 6. The van der Waals surface area contributed by atoms with Gasteiger partial charge in [0.25, 0.3) is 10.1 Å². The van der Waals surface area contributed by atoms with Crippen LogP contribution < -0.4 is 5.32 Å². The molecule has 192 valence electrons. The standard InChI is InChI=1S/C27H32N2O5S2/c1-20-9-13-24(14-10-20)35(30,31)29-19-27(34-36(32,33)25-15-11-21(2)12-16-25)22(3)26(29)18-28-17-23-7-5-4-6-8-23/h4-16,22,26-28H,17-19H2,1-3H3/t22-,26-,27-/m1/s1. The highest BCUT2D eigenvalue weighted by molar-refractivity contribution is 7.89. The second-order valence-corrected chi connectivity index (χ2v) is 12.8. The Hall–Kier alpha value is -2.56. The summed E-state index contributed by atoms with van der Waals surface area (Å²) in [5, 5.41) is 3.35. The molecule has 0 radical (unpaired) electrons. The molecule has 1 heterocycles. The van der Waals surface area contributed by atoms with Gasteiger partial charge in [-0.25, -0.2) is 8.42 Å². The third kappa shape index (κ3) is 5.87. The quantitative estimate of drug-likeness (QED) is 0.424. The zero-order valence-electron chi connectivity index (χ0n) is 20.7. The Bertz CT molecular complexity index is 1370. The van der Waals surface area contributed by atoms with Crippen molar-refractivity contribution in [2.24, 2.45) is 5.92 Å². The highest BCUT2D eigenvalue weighted by Gasteiger charge is 2.47. The van der Waals surface area contributed by atoms with Gasteiger partial charge in [0.1, 0.15) is 0 Å². The van der Waals surface area contributed by atoms with Crippen molar-refractivity contribution in [2.75, 3.05) is 13.1 Å². The van der Waals surface area contributed by atoms with Crippen molar-refractivity contribution in [3.05, 3.63) is 95.6 Å². The molecule has 0 bridgehead atoms. The third-order valence-electron chi connectivity index (χ3n) is 6.64. The summed E-state index contributed by atoms with van der Waals surface area (Å²) >= 11 is 0. The average molecular weight is 529 g/mol. The molecule has 0 saturated carbocycles. The fraction of sp³-hybridized carbons (Fsp3) is 0.333. The zero-order chi connectivity index (χ0) is 25.9. The number of hydrogen-bond donors (Lipinski definition) is 1. The molecule has 3 aromatic rings. The summed E-state index contributed by atoms with van der Waals surface area (Å²) in [7, 11) is -7.93. The van der Waals surface area contributed by atoms with Gasteiger partial charge in [-0.05, 0) is 43.7 Å². The monoisotopic (exact) mass is 528 g/mol. The molecular formula is C27H32N2O5S2. The predicted molar refractivity (Wildman–Crippen MR) is 139 cm³/mol. The Morgan fingerprint density at radius 1 is 0.833 bits per heavy atom. The largest absolute Gasteiger partial charge is 0.311 e. The zero-order valence-corrected chi connectivity index (χ0v) is 22.3. The molecule has 1 aliphatic rings. The van der Waals surface area contributed by atoms with E-state index in [1.807, 2.05) is 51.1 Å². The molecule has 3 atom stereocenters. The molecule has 1 saturated heterocycles. The number of nitrogens with zero attached hydrogens (tertiary/aromatic N) is 1. The van der Waals surface area contributed by atoms with E-state index >= 15 is 0 Å². The second kappa shape index (κ2) is 10.8. The Labute approximate surface area is 214 Å². The molecule has 36 heavy (non-hydrogen) atoms. The fourth-order valence-corrected chi connectivity index (χ4v) is 7.26. The van der Waals surface area contributed by atoms with E-state index in [4.69, 9.17) is 4.18 Å². The van der Waals surface area contributed by atoms with Crippen molar-refractivity contribution >= 4 is 20.1 Å². The van der Waals surface area contributed by atoms with Gasteiger partial charge in [0, 0.05) is 31.6 Å². The Balaban J connectivity index is 1.59. The second-order valence-electron chi connectivity index (χ2n) is 9.33. The highest BCUT2D eigenvalue weighted by Crippen LogP contribution is 2.34. The third-order valence-corrected chi connectivity index (χ3v) is 9.89. The Morgan fingerprint density at radius 2 is 1.39 bits per heavy atom. The van der Waals surface area contributed by atoms with E-state index < -0.39 is 32.3 Å². The molecule has 1 aliphatic heterocycles. The van der Waals surface area contributed by atoms with Crippen molar-refractivity contribution in [2.45, 2.75) is 49.3 Å². The van der Waals surface area contributed by atoms with E-state index in [1.165, 1.54) is 16.4 Å². The van der Waals surface area contributed by atoms with E-state index in [-0.39, 0.29) is 22.3 Å². The molecule has 7 nitrogen and oxygen atoms in total. The summed E-state index contributed by atoms with van der Waals surface area (Å²) < 4.78 is 60.3. The first-order valence-electron chi connectivity index (χ1n) is 11.9. The number of rotatable bonds is 9. The summed E-state index contributed by atoms with van der Waals surface area (Å²) in [5.41, 5.74) is 2.96. The van der Waals surface area contributed by atoms with Crippen LogP contribution in [0, 0.1) is 19.8 Å². The maximum absolute atomic E-state index is 13.6. The minimum atomic E-state index is -4.06. The van der Waals surface area contributed by atoms with Crippen LogP contribution in [0.25, 0.3) is 0 Å². The van der Waals surface area contributed by atoms with Crippen molar-refractivity contribution in [3.63, 3.8) is 0 Å². The number of benzene rings is 3. The topological polar surface area (TPSA) is 92.8 Å². The summed E-state index contributed by atoms with van der Waals surface area (Å²) in [6.45, 7) is 6.47. The SMILES string of the molecule is Cc1ccc(S(=O)(=O)O[C@@H]2CN(S(=O)(=O)c3ccc(C)cc3)[C@H](CNCc3ccccc3)[C@H]2C)cc1. The molecule has 9 heteroatoms. The first kappa shape index (κ1) is 26.5. The van der Waals surface area contributed by atoms with Crippen molar-refractivity contribution in [3.8, 4) is 0 Å². The lowest BCUT2D eigenvalue weighted by Crippen LogP contribution is -2.43. The predicted octanol–water partition coefficient (Wildman–Crippen LogP) is 3.88. The van der Waals surface area contributed by atoms with Crippen LogP contribution in [0.2, 0.25) is 0 Å². The van der Waals surface area contributed by atoms with Gasteiger partial charge in [0.2, 0.25) is 10.0 Å². The van der Waals surface area contributed by atoms with Crippen molar-refractivity contribution < 1.29 is 21.0 Å². The Morgan fingerprint density at radius 3 is 1.97 bits per heavy atom. The maximum atomic E-state index is 13.6. The van der Waals surface area contributed by atoms with E-state index in [0.717, 1.165) is 16.7 Å². The average Bonchev–Trinajstić information content (AvgIpc) is 3.15. The highest BCUT2D eigenvalue weighted by atomic mass is 32.2. The lowest BCUT2D eigenvalue weighted by molar-refractivity contribution is 0.179. The van der Waals surface area contributed by atoms with Gasteiger partial charge < -0.3 is 5.32 Å². The van der Waals surface area contributed by atoms with Crippen molar-refractivity contribution in [1.29, 1.82) is 0 Å². The van der Waals surface area contributed by atoms with Gasteiger partial charge in [-0.15, -0.1) is 0 Å². The lowest BCUT2D eigenvalue weighted by Gasteiger charge is -2.26. The summed E-state index contributed by atoms with van der Waals surface area (Å²) in [6.07, 6.45) is -0.819. The minimum absolute atomic E-state index is 0.0545. The fourth-order valence-electron chi connectivity index (χ4n) is 4.40. The van der Waals surface area contributed by atoms with Crippen LogP contribution in [0.15, 0.2) is 88.7 Å². The Kier molecular flexibility index (Phi) is 7.96. The van der Waals surface area contributed by atoms with Crippen LogP contribution in [-0.2, 0) is 30.9 Å². The van der Waals surface area contributed by atoms with E-state index in [1.54, 1.807) is 36.4 Å².